The maximum Gasteiger partial charge on any atom is 0.240 e. The lowest BCUT2D eigenvalue weighted by Gasteiger charge is -2.35. The minimum Gasteiger partial charge on any atom is -0.391 e. The summed E-state index contributed by atoms with van der Waals surface area (Å²) in [5.74, 6) is 0.188. The molecule has 2 fully saturated rings. The van der Waals surface area contributed by atoms with Gasteiger partial charge in [-0.2, -0.15) is 0 Å². The molecule has 2 rings (SSSR count). The molecule has 0 radical (unpaired) electrons. The monoisotopic (exact) mass is 226 g/mol. The summed E-state index contributed by atoms with van der Waals surface area (Å²) in [4.78, 5) is 14.0. The molecule has 16 heavy (non-hydrogen) atoms. The molecule has 2 N–H and O–H groups in total. The predicted octanol–water partition coefficient (Wildman–Crippen LogP) is 0.500. The normalized spacial score (nSPS) is 35.8. The number of likely N-dealkylation sites (tertiary alicyclic amines) is 1. The first-order valence-corrected chi connectivity index (χ1v) is 6.46. The first kappa shape index (κ1) is 11.9. The summed E-state index contributed by atoms with van der Waals surface area (Å²) in [5.41, 5.74) is 0. The quantitative estimate of drug-likeness (QED) is 0.737. The lowest BCUT2D eigenvalue weighted by Crippen LogP contribution is -2.48. The molecule has 3 unspecified atom stereocenters. The van der Waals surface area contributed by atoms with Gasteiger partial charge in [0.2, 0.25) is 5.91 Å². The Kier molecular flexibility index (Phi) is 3.82. The summed E-state index contributed by atoms with van der Waals surface area (Å²) in [6.07, 6.45) is 4.62. The molecule has 0 aromatic carbocycles. The minimum absolute atomic E-state index is 0.0147. The van der Waals surface area contributed by atoms with Gasteiger partial charge in [0.1, 0.15) is 0 Å². The number of nitrogens with zero attached hydrogens (tertiary/aromatic N) is 1. The Morgan fingerprint density at radius 1 is 1.38 bits per heavy atom. The molecule has 2 aliphatic rings. The fraction of sp³-hybridized carbons (Fsp3) is 0.917. The van der Waals surface area contributed by atoms with Gasteiger partial charge >= 0.3 is 0 Å². The van der Waals surface area contributed by atoms with E-state index in [2.05, 4.69) is 5.32 Å². The number of carbonyl (C=O) groups excluding carboxylic acids is 1. The number of aliphatic hydroxyl groups is 1. The van der Waals surface area contributed by atoms with Crippen LogP contribution in [0.15, 0.2) is 0 Å². The molecule has 1 amide bonds. The zero-order chi connectivity index (χ0) is 11.5. The Bertz CT molecular complexity index is 257. The molecule has 1 aliphatic carbocycles. The van der Waals surface area contributed by atoms with Crippen LogP contribution in [0.1, 0.15) is 39.0 Å². The van der Waals surface area contributed by atoms with Crippen molar-refractivity contribution in [3.63, 3.8) is 0 Å². The van der Waals surface area contributed by atoms with Crippen LogP contribution in [0.5, 0.6) is 0 Å². The number of likely N-dealkylation sites (N-methyl/N-ethyl adjacent to an activating group) is 1. The van der Waals surface area contributed by atoms with Crippen LogP contribution in [0.3, 0.4) is 0 Å². The van der Waals surface area contributed by atoms with Crippen LogP contribution < -0.4 is 5.32 Å². The molecule has 0 bridgehead atoms. The van der Waals surface area contributed by atoms with Crippen molar-refractivity contribution in [2.45, 2.75) is 57.2 Å². The van der Waals surface area contributed by atoms with Crippen molar-refractivity contribution < 1.29 is 9.90 Å². The molecular weight excluding hydrogens is 204 g/mol. The van der Waals surface area contributed by atoms with Gasteiger partial charge in [0, 0.05) is 6.54 Å². The van der Waals surface area contributed by atoms with Gasteiger partial charge in [0.05, 0.1) is 18.2 Å². The zero-order valence-electron chi connectivity index (χ0n) is 9.98. The molecule has 0 aromatic heterocycles. The lowest BCUT2D eigenvalue weighted by molar-refractivity contribution is -0.134. The molecule has 1 heterocycles. The van der Waals surface area contributed by atoms with Crippen molar-refractivity contribution >= 4 is 5.91 Å². The summed E-state index contributed by atoms with van der Waals surface area (Å²) in [7, 11) is 0. The molecule has 1 aliphatic heterocycles. The number of nitrogens with one attached hydrogen (secondary N) is 1. The number of hydrogen-bond acceptors (Lipinski definition) is 3. The second kappa shape index (κ2) is 5.15. The van der Waals surface area contributed by atoms with Crippen molar-refractivity contribution in [2.24, 2.45) is 0 Å². The van der Waals surface area contributed by atoms with Gasteiger partial charge in [-0.3, -0.25) is 4.79 Å². The molecule has 1 saturated carbocycles. The Balaban J connectivity index is 1.97. The van der Waals surface area contributed by atoms with E-state index in [0.717, 1.165) is 45.2 Å². The predicted molar refractivity (Wildman–Crippen MR) is 62.1 cm³/mol. The van der Waals surface area contributed by atoms with E-state index in [1.165, 1.54) is 0 Å². The van der Waals surface area contributed by atoms with Gasteiger partial charge in [-0.05, 0) is 25.8 Å². The second-order valence-corrected chi connectivity index (χ2v) is 4.85. The summed E-state index contributed by atoms with van der Waals surface area (Å²) >= 11 is 0. The molecule has 92 valence electrons. The van der Waals surface area contributed by atoms with Crippen molar-refractivity contribution in [3.8, 4) is 0 Å². The average Bonchev–Trinajstić information content (AvgIpc) is 2.62. The third-order valence-electron chi connectivity index (χ3n) is 3.78. The smallest absolute Gasteiger partial charge is 0.240 e. The fourth-order valence-corrected chi connectivity index (χ4v) is 2.92. The highest BCUT2D eigenvalue weighted by Crippen LogP contribution is 2.26. The van der Waals surface area contributed by atoms with Gasteiger partial charge in [0.25, 0.3) is 0 Å². The SMILES string of the molecule is CCNC1CCN(C2CCCCC2O)C1=O. The molecule has 1 saturated heterocycles. The number of amides is 1. The van der Waals surface area contributed by atoms with Gasteiger partial charge in [-0.1, -0.05) is 19.8 Å². The minimum atomic E-state index is -0.307. The van der Waals surface area contributed by atoms with Crippen LogP contribution in [-0.4, -0.2) is 47.2 Å². The number of carbonyl (C=O) groups is 1. The van der Waals surface area contributed by atoms with E-state index in [0.29, 0.717) is 0 Å². The molecule has 4 heteroatoms. The van der Waals surface area contributed by atoms with Crippen LogP contribution >= 0.6 is 0 Å². The standard InChI is InChI=1S/C12H22N2O2/c1-2-13-9-7-8-14(12(9)16)10-5-3-4-6-11(10)15/h9-11,13,15H,2-8H2,1H3. The van der Waals surface area contributed by atoms with E-state index in [9.17, 15) is 9.90 Å². The third kappa shape index (κ3) is 2.23. The highest BCUT2D eigenvalue weighted by molar-refractivity contribution is 5.84. The Hall–Kier alpha value is -0.610. The van der Waals surface area contributed by atoms with Crippen LogP contribution in [-0.2, 0) is 4.79 Å². The van der Waals surface area contributed by atoms with E-state index in [1.54, 1.807) is 0 Å². The Morgan fingerprint density at radius 3 is 2.81 bits per heavy atom. The summed E-state index contributed by atoms with van der Waals surface area (Å²) in [5, 5.41) is 13.2. The number of rotatable bonds is 3. The fourth-order valence-electron chi connectivity index (χ4n) is 2.92. The Morgan fingerprint density at radius 2 is 2.12 bits per heavy atom. The highest BCUT2D eigenvalue weighted by atomic mass is 16.3. The Labute approximate surface area is 97.0 Å². The first-order valence-electron chi connectivity index (χ1n) is 6.46. The average molecular weight is 226 g/mol. The van der Waals surface area contributed by atoms with E-state index in [-0.39, 0.29) is 24.1 Å². The summed E-state index contributed by atoms with van der Waals surface area (Å²) in [6, 6.07) is 0.0593. The van der Waals surface area contributed by atoms with Crippen LogP contribution in [0.4, 0.5) is 0 Å². The maximum atomic E-state index is 12.1. The van der Waals surface area contributed by atoms with Crippen LogP contribution in [0.2, 0.25) is 0 Å². The van der Waals surface area contributed by atoms with E-state index in [4.69, 9.17) is 0 Å². The molecule has 0 spiro atoms. The second-order valence-electron chi connectivity index (χ2n) is 4.85. The molecule has 4 nitrogen and oxygen atoms in total. The first-order chi connectivity index (χ1) is 7.74. The molecule has 0 aromatic rings. The maximum absolute atomic E-state index is 12.1. The number of aliphatic hydroxyl groups excluding tert-OH is 1. The van der Waals surface area contributed by atoms with Gasteiger partial charge in [-0.15, -0.1) is 0 Å². The van der Waals surface area contributed by atoms with Crippen molar-refractivity contribution in [1.29, 1.82) is 0 Å². The molecule has 3 atom stereocenters. The van der Waals surface area contributed by atoms with Crippen molar-refractivity contribution in [1.82, 2.24) is 10.2 Å². The summed E-state index contributed by atoms with van der Waals surface area (Å²) in [6.45, 7) is 3.65. The van der Waals surface area contributed by atoms with E-state index < -0.39 is 0 Å². The van der Waals surface area contributed by atoms with Crippen molar-refractivity contribution in [2.75, 3.05) is 13.1 Å². The lowest BCUT2D eigenvalue weighted by atomic mass is 9.91. The summed E-state index contributed by atoms with van der Waals surface area (Å²) < 4.78 is 0. The zero-order valence-corrected chi connectivity index (χ0v) is 9.98. The van der Waals surface area contributed by atoms with Gasteiger partial charge < -0.3 is 15.3 Å². The van der Waals surface area contributed by atoms with Crippen LogP contribution in [0.25, 0.3) is 0 Å². The largest absolute Gasteiger partial charge is 0.391 e. The van der Waals surface area contributed by atoms with Gasteiger partial charge in [-0.25, -0.2) is 0 Å². The number of hydrogen-bond donors (Lipinski definition) is 2. The van der Waals surface area contributed by atoms with Crippen molar-refractivity contribution in [3.05, 3.63) is 0 Å². The van der Waals surface area contributed by atoms with Crippen LogP contribution in [0, 0.1) is 0 Å². The van der Waals surface area contributed by atoms with Gasteiger partial charge in [0.15, 0.2) is 0 Å². The highest BCUT2D eigenvalue weighted by Gasteiger charge is 2.38. The molecular formula is C12H22N2O2. The third-order valence-corrected chi connectivity index (χ3v) is 3.78. The van der Waals surface area contributed by atoms with E-state index >= 15 is 0 Å². The topological polar surface area (TPSA) is 52.6 Å². The van der Waals surface area contributed by atoms with E-state index in [1.807, 2.05) is 11.8 Å².